The monoisotopic (exact) mass is 300 g/mol. The highest BCUT2D eigenvalue weighted by atomic mass is 35.5. The summed E-state index contributed by atoms with van der Waals surface area (Å²) in [5.41, 5.74) is 1.66. The van der Waals surface area contributed by atoms with E-state index in [0.29, 0.717) is 11.6 Å². The molecule has 0 spiro atoms. The van der Waals surface area contributed by atoms with Crippen LogP contribution in [0.15, 0.2) is 18.2 Å². The van der Waals surface area contributed by atoms with Gasteiger partial charge in [0.1, 0.15) is 5.82 Å². The van der Waals surface area contributed by atoms with Crippen LogP contribution in [-0.4, -0.2) is 23.3 Å². The van der Waals surface area contributed by atoms with Gasteiger partial charge in [0.15, 0.2) is 0 Å². The minimum absolute atomic E-state index is 0.178. The molecule has 0 aliphatic heterocycles. The zero-order valence-electron chi connectivity index (χ0n) is 11.6. The fourth-order valence-corrected chi connectivity index (χ4v) is 2.71. The minimum Gasteiger partial charge on any atom is -0.382 e. The van der Waals surface area contributed by atoms with Crippen molar-refractivity contribution < 1.29 is 4.74 Å². The van der Waals surface area contributed by atoms with Gasteiger partial charge in [0.25, 0.3) is 0 Å². The first kappa shape index (κ1) is 14.6. The number of benzene rings is 1. The summed E-state index contributed by atoms with van der Waals surface area (Å²) >= 11 is 12.3. The molecule has 0 fully saturated rings. The number of halogens is 2. The third-order valence-corrected chi connectivity index (χ3v) is 3.53. The van der Waals surface area contributed by atoms with Gasteiger partial charge in [0, 0.05) is 12.1 Å². The molecular weight excluding hydrogens is 283 g/mol. The normalized spacial score (nSPS) is 14.0. The minimum atomic E-state index is -0.226. The van der Waals surface area contributed by atoms with Gasteiger partial charge >= 0.3 is 0 Å². The van der Waals surface area contributed by atoms with Gasteiger partial charge in [-0.05, 0) is 39.0 Å². The number of nitrogens with zero attached hydrogens (tertiary/aromatic N) is 2. The lowest BCUT2D eigenvalue weighted by Crippen LogP contribution is -2.33. The number of methoxy groups -OCH3 is 1. The van der Waals surface area contributed by atoms with Crippen LogP contribution < -0.4 is 0 Å². The summed E-state index contributed by atoms with van der Waals surface area (Å²) in [7, 11) is 1.70. The first-order valence-corrected chi connectivity index (χ1v) is 6.99. The summed E-state index contributed by atoms with van der Waals surface area (Å²) in [5, 5.41) is 0.498. The van der Waals surface area contributed by atoms with Crippen LogP contribution in [0.5, 0.6) is 0 Å². The van der Waals surface area contributed by atoms with E-state index in [0.717, 1.165) is 16.9 Å². The SMILES string of the molecule is COCC(C)(C)n1c(C(C)Cl)nc2cc(Cl)ccc21. The fraction of sp³-hybridized carbons (Fsp3) is 0.500. The van der Waals surface area contributed by atoms with Crippen molar-refractivity contribution in [2.24, 2.45) is 0 Å². The summed E-state index contributed by atoms with van der Waals surface area (Å²) in [6.45, 7) is 6.71. The zero-order valence-corrected chi connectivity index (χ0v) is 13.1. The number of hydrogen-bond donors (Lipinski definition) is 0. The number of aromatic nitrogens is 2. The van der Waals surface area contributed by atoms with E-state index < -0.39 is 0 Å². The molecule has 0 amide bonds. The van der Waals surface area contributed by atoms with Crippen LogP contribution in [0.1, 0.15) is 32.0 Å². The Bertz CT molecular complexity index is 590. The van der Waals surface area contributed by atoms with E-state index >= 15 is 0 Å². The van der Waals surface area contributed by atoms with Crippen LogP contribution in [0, 0.1) is 0 Å². The Morgan fingerprint density at radius 2 is 2.11 bits per heavy atom. The van der Waals surface area contributed by atoms with E-state index in [4.69, 9.17) is 27.9 Å². The van der Waals surface area contributed by atoms with E-state index in [1.165, 1.54) is 0 Å². The van der Waals surface area contributed by atoms with E-state index in [2.05, 4.69) is 23.4 Å². The van der Waals surface area contributed by atoms with Crippen LogP contribution in [-0.2, 0) is 10.3 Å². The van der Waals surface area contributed by atoms with Crippen molar-refractivity contribution in [3.63, 3.8) is 0 Å². The van der Waals surface area contributed by atoms with Crippen molar-refractivity contribution >= 4 is 34.2 Å². The maximum Gasteiger partial charge on any atom is 0.128 e. The van der Waals surface area contributed by atoms with Crippen LogP contribution in [0.25, 0.3) is 11.0 Å². The number of imidazole rings is 1. The smallest absolute Gasteiger partial charge is 0.128 e. The molecule has 1 aromatic heterocycles. The largest absolute Gasteiger partial charge is 0.382 e. The van der Waals surface area contributed by atoms with Crippen molar-refractivity contribution in [2.45, 2.75) is 31.7 Å². The lowest BCUT2D eigenvalue weighted by Gasteiger charge is -2.29. The summed E-state index contributed by atoms with van der Waals surface area (Å²) in [6, 6.07) is 5.71. The topological polar surface area (TPSA) is 27.1 Å². The Balaban J connectivity index is 2.72. The van der Waals surface area contributed by atoms with E-state index in [1.807, 2.05) is 25.1 Å². The molecule has 0 aliphatic carbocycles. The Morgan fingerprint density at radius 1 is 1.42 bits per heavy atom. The molecule has 3 nitrogen and oxygen atoms in total. The van der Waals surface area contributed by atoms with E-state index in [1.54, 1.807) is 7.11 Å². The predicted octanol–water partition coefficient (Wildman–Crippen LogP) is 4.37. The molecule has 0 saturated heterocycles. The van der Waals surface area contributed by atoms with Crippen LogP contribution in [0.2, 0.25) is 5.02 Å². The lowest BCUT2D eigenvalue weighted by molar-refractivity contribution is 0.110. The lowest BCUT2D eigenvalue weighted by atomic mass is 10.1. The number of alkyl halides is 1. The highest BCUT2D eigenvalue weighted by Crippen LogP contribution is 2.32. The van der Waals surface area contributed by atoms with Crippen molar-refractivity contribution in [1.82, 2.24) is 9.55 Å². The quantitative estimate of drug-likeness (QED) is 0.784. The highest BCUT2D eigenvalue weighted by molar-refractivity contribution is 6.31. The zero-order chi connectivity index (χ0) is 14.2. The van der Waals surface area contributed by atoms with Crippen molar-refractivity contribution in [1.29, 1.82) is 0 Å². The molecule has 1 unspecified atom stereocenters. The second-order valence-electron chi connectivity index (χ2n) is 5.30. The van der Waals surface area contributed by atoms with Crippen molar-refractivity contribution in [2.75, 3.05) is 13.7 Å². The fourth-order valence-electron chi connectivity index (χ4n) is 2.39. The average Bonchev–Trinajstić information content (AvgIpc) is 2.67. The van der Waals surface area contributed by atoms with Gasteiger partial charge in [0.2, 0.25) is 0 Å². The predicted molar refractivity (Wildman–Crippen MR) is 80.2 cm³/mol. The average molecular weight is 301 g/mol. The molecule has 19 heavy (non-hydrogen) atoms. The second-order valence-corrected chi connectivity index (χ2v) is 6.39. The number of fused-ring (bicyclic) bond motifs is 1. The molecule has 2 aromatic rings. The van der Waals surface area contributed by atoms with Gasteiger partial charge in [-0.15, -0.1) is 11.6 Å². The maximum absolute atomic E-state index is 6.27. The molecule has 104 valence electrons. The number of rotatable bonds is 4. The number of ether oxygens (including phenoxy) is 1. The van der Waals surface area contributed by atoms with Crippen molar-refractivity contribution in [3.8, 4) is 0 Å². The standard InChI is InChI=1S/C14H18Cl2N2O/c1-9(15)13-17-11-7-10(16)5-6-12(11)18(13)14(2,3)8-19-4/h5-7,9H,8H2,1-4H3. The summed E-state index contributed by atoms with van der Waals surface area (Å²) in [4.78, 5) is 4.61. The summed E-state index contributed by atoms with van der Waals surface area (Å²) < 4.78 is 7.46. The molecule has 0 aliphatic rings. The molecule has 1 atom stereocenters. The molecule has 1 aromatic carbocycles. The van der Waals surface area contributed by atoms with Gasteiger partial charge in [-0.25, -0.2) is 4.98 Å². The molecule has 5 heteroatoms. The molecule has 0 radical (unpaired) electrons. The number of hydrogen-bond acceptors (Lipinski definition) is 2. The molecule has 2 rings (SSSR count). The van der Waals surface area contributed by atoms with Gasteiger partial charge in [-0.2, -0.15) is 0 Å². The highest BCUT2D eigenvalue weighted by Gasteiger charge is 2.27. The summed E-state index contributed by atoms with van der Waals surface area (Å²) in [6.07, 6.45) is 0. The Labute approximate surface area is 123 Å². The Morgan fingerprint density at radius 3 is 2.68 bits per heavy atom. The first-order chi connectivity index (χ1) is 8.86. The van der Waals surface area contributed by atoms with Gasteiger partial charge in [-0.1, -0.05) is 11.6 Å². The van der Waals surface area contributed by atoms with Crippen LogP contribution >= 0.6 is 23.2 Å². The third-order valence-electron chi connectivity index (χ3n) is 3.10. The second kappa shape index (κ2) is 5.31. The molecular formula is C14H18Cl2N2O. The van der Waals surface area contributed by atoms with Gasteiger partial charge in [0.05, 0.1) is 28.6 Å². The maximum atomic E-state index is 6.27. The molecule has 1 heterocycles. The molecule has 0 N–H and O–H groups in total. The van der Waals surface area contributed by atoms with Gasteiger partial charge in [-0.3, -0.25) is 0 Å². The molecule has 0 bridgehead atoms. The summed E-state index contributed by atoms with van der Waals surface area (Å²) in [5.74, 6) is 0.834. The van der Waals surface area contributed by atoms with Crippen LogP contribution in [0.3, 0.4) is 0 Å². The molecule has 0 saturated carbocycles. The van der Waals surface area contributed by atoms with Crippen LogP contribution in [0.4, 0.5) is 0 Å². The van der Waals surface area contributed by atoms with E-state index in [-0.39, 0.29) is 10.9 Å². The first-order valence-electron chi connectivity index (χ1n) is 6.18. The van der Waals surface area contributed by atoms with Gasteiger partial charge < -0.3 is 9.30 Å². The Hall–Kier alpha value is -0.770. The third kappa shape index (κ3) is 2.73. The van der Waals surface area contributed by atoms with E-state index in [9.17, 15) is 0 Å². The Kier molecular flexibility index (Phi) is 4.09. The van der Waals surface area contributed by atoms with Crippen molar-refractivity contribution in [3.05, 3.63) is 29.0 Å².